The molecule has 3 atom stereocenters. The van der Waals surface area contributed by atoms with Crippen LogP contribution in [0.1, 0.15) is 13.8 Å². The zero-order chi connectivity index (χ0) is 9.30. The van der Waals surface area contributed by atoms with E-state index < -0.39 is 11.9 Å². The summed E-state index contributed by atoms with van der Waals surface area (Å²) in [6.07, 6.45) is 0. The molecule has 0 bridgehead atoms. The molecule has 1 aliphatic heterocycles. The molecule has 5 heteroatoms. The lowest BCUT2D eigenvalue weighted by atomic mass is 10.1. The van der Waals surface area contributed by atoms with Gasteiger partial charge in [0.05, 0.1) is 0 Å². The molecule has 0 radical (unpaired) electrons. The molecule has 0 aromatic rings. The Hall–Kier alpha value is -1.10. The Balaban J connectivity index is 2.68. The monoisotopic (exact) mass is 171 g/mol. The Labute approximate surface area is 70.7 Å². The minimum atomic E-state index is -0.879. The van der Waals surface area contributed by atoms with Crippen LogP contribution in [-0.2, 0) is 9.59 Å². The van der Waals surface area contributed by atoms with Crippen molar-refractivity contribution in [2.75, 3.05) is 0 Å². The van der Waals surface area contributed by atoms with E-state index in [1.165, 1.54) is 0 Å². The quantitative estimate of drug-likeness (QED) is 0.413. The first kappa shape index (κ1) is 8.99. The van der Waals surface area contributed by atoms with Gasteiger partial charge in [-0.2, -0.15) is 0 Å². The number of hydrogen-bond acceptors (Lipinski definition) is 3. The molecule has 12 heavy (non-hydrogen) atoms. The number of amides is 2. The highest BCUT2D eigenvalue weighted by atomic mass is 16.2. The smallest absolute Gasteiger partial charge is 0.247 e. The van der Waals surface area contributed by atoms with Crippen molar-refractivity contribution >= 4 is 11.8 Å². The zero-order valence-electron chi connectivity index (χ0n) is 7.13. The average Bonchev–Trinajstić information content (AvgIpc) is 1.96. The van der Waals surface area contributed by atoms with Gasteiger partial charge in [0.2, 0.25) is 11.8 Å². The van der Waals surface area contributed by atoms with E-state index in [9.17, 15) is 9.59 Å². The molecular weight excluding hydrogens is 158 g/mol. The van der Waals surface area contributed by atoms with E-state index in [1.807, 2.05) is 13.8 Å². The number of carbonyl (C=O) groups is 2. The van der Waals surface area contributed by atoms with Crippen molar-refractivity contribution < 1.29 is 9.59 Å². The lowest BCUT2D eigenvalue weighted by Crippen LogP contribution is -2.65. The topological polar surface area (TPSA) is 84.2 Å². The molecule has 4 N–H and O–H groups in total. The van der Waals surface area contributed by atoms with Gasteiger partial charge in [-0.1, -0.05) is 0 Å². The van der Waals surface area contributed by atoms with Gasteiger partial charge in [-0.25, -0.2) is 0 Å². The van der Waals surface area contributed by atoms with E-state index >= 15 is 0 Å². The molecule has 1 heterocycles. The number of rotatable bonds is 1. The molecule has 1 aliphatic rings. The van der Waals surface area contributed by atoms with Crippen molar-refractivity contribution in [3.8, 4) is 0 Å². The number of nitrogens with one attached hydrogen (secondary N) is 2. The van der Waals surface area contributed by atoms with E-state index in [4.69, 9.17) is 5.73 Å². The summed E-state index contributed by atoms with van der Waals surface area (Å²) in [6.45, 7) is 3.76. The predicted octanol–water partition coefficient (Wildman–Crippen LogP) is -1.66. The second-order valence-corrected chi connectivity index (χ2v) is 3.09. The number of carbonyl (C=O) groups excluding carboxylic acids is 2. The van der Waals surface area contributed by atoms with Gasteiger partial charge in [0.1, 0.15) is 0 Å². The summed E-state index contributed by atoms with van der Waals surface area (Å²) in [5, 5.41) is 5.49. The molecule has 2 amide bonds. The summed E-state index contributed by atoms with van der Waals surface area (Å²) >= 11 is 0. The maximum Gasteiger partial charge on any atom is 0.247 e. The fraction of sp³-hybridized carbons (Fsp3) is 0.714. The van der Waals surface area contributed by atoms with Gasteiger partial charge < -0.3 is 11.1 Å². The summed E-state index contributed by atoms with van der Waals surface area (Å²) in [6, 6.07) is -0.774. The molecule has 3 unspecified atom stereocenters. The van der Waals surface area contributed by atoms with Gasteiger partial charge >= 0.3 is 0 Å². The molecule has 1 fully saturated rings. The third-order valence-electron chi connectivity index (χ3n) is 2.10. The molecule has 0 spiro atoms. The molecule has 0 saturated carbocycles. The van der Waals surface area contributed by atoms with Gasteiger partial charge in [0.25, 0.3) is 0 Å². The molecular formula is C7H13N3O2. The first-order chi connectivity index (χ1) is 5.52. The third-order valence-corrected chi connectivity index (χ3v) is 2.10. The van der Waals surface area contributed by atoms with E-state index in [0.29, 0.717) is 0 Å². The van der Waals surface area contributed by atoms with Crippen molar-refractivity contribution in [1.82, 2.24) is 10.6 Å². The number of piperazine rings is 1. The maximum absolute atomic E-state index is 11.1. The van der Waals surface area contributed by atoms with E-state index in [2.05, 4.69) is 10.6 Å². The van der Waals surface area contributed by atoms with Crippen LogP contribution in [0, 0.1) is 0 Å². The Morgan fingerprint density at radius 1 is 1.42 bits per heavy atom. The predicted molar refractivity (Wildman–Crippen MR) is 43.2 cm³/mol. The minimum absolute atomic E-state index is 0.0353. The zero-order valence-corrected chi connectivity index (χ0v) is 7.13. The van der Waals surface area contributed by atoms with Crippen LogP contribution in [-0.4, -0.2) is 29.9 Å². The van der Waals surface area contributed by atoms with Gasteiger partial charge in [-0.15, -0.1) is 0 Å². The van der Waals surface area contributed by atoms with E-state index in [-0.39, 0.29) is 18.0 Å². The van der Waals surface area contributed by atoms with Crippen LogP contribution in [0.5, 0.6) is 0 Å². The Morgan fingerprint density at radius 3 is 2.50 bits per heavy atom. The standard InChI is InChI=1S/C7H13N3O2/c1-3-4(2)10-7(12)5(9-3)6(8)11/h3-5,9H,1-2H3,(H2,8,11)(H,10,12). The summed E-state index contributed by atoms with van der Waals surface area (Å²) in [4.78, 5) is 21.8. The van der Waals surface area contributed by atoms with Gasteiger partial charge in [-0.3, -0.25) is 14.9 Å². The lowest BCUT2D eigenvalue weighted by molar-refractivity contribution is -0.133. The van der Waals surface area contributed by atoms with Crippen LogP contribution in [0.4, 0.5) is 0 Å². The van der Waals surface area contributed by atoms with Crippen molar-refractivity contribution in [3.63, 3.8) is 0 Å². The van der Waals surface area contributed by atoms with Crippen LogP contribution in [0.3, 0.4) is 0 Å². The average molecular weight is 171 g/mol. The molecule has 68 valence electrons. The molecule has 1 saturated heterocycles. The summed E-state index contributed by atoms with van der Waals surface area (Å²) in [5.74, 6) is -0.973. The highest BCUT2D eigenvalue weighted by molar-refractivity contribution is 6.04. The Bertz CT molecular complexity index is 217. The van der Waals surface area contributed by atoms with E-state index in [0.717, 1.165) is 0 Å². The first-order valence-electron chi connectivity index (χ1n) is 3.88. The second kappa shape index (κ2) is 3.10. The van der Waals surface area contributed by atoms with Gasteiger partial charge in [0.15, 0.2) is 6.04 Å². The first-order valence-corrected chi connectivity index (χ1v) is 3.88. The lowest BCUT2D eigenvalue weighted by Gasteiger charge is -2.32. The molecule has 0 aliphatic carbocycles. The Morgan fingerprint density at radius 2 is 2.00 bits per heavy atom. The fourth-order valence-corrected chi connectivity index (χ4v) is 1.13. The minimum Gasteiger partial charge on any atom is -0.368 e. The van der Waals surface area contributed by atoms with Crippen LogP contribution in [0.2, 0.25) is 0 Å². The highest BCUT2D eigenvalue weighted by Crippen LogP contribution is 2.01. The van der Waals surface area contributed by atoms with Crippen LogP contribution in [0.25, 0.3) is 0 Å². The van der Waals surface area contributed by atoms with Crippen molar-refractivity contribution in [2.24, 2.45) is 5.73 Å². The molecule has 0 aromatic heterocycles. The second-order valence-electron chi connectivity index (χ2n) is 3.09. The maximum atomic E-state index is 11.1. The third kappa shape index (κ3) is 1.55. The van der Waals surface area contributed by atoms with Crippen LogP contribution in [0.15, 0.2) is 0 Å². The number of primary amides is 1. The van der Waals surface area contributed by atoms with Gasteiger partial charge in [-0.05, 0) is 13.8 Å². The SMILES string of the molecule is CC1NC(=O)C(C(N)=O)NC1C. The summed E-state index contributed by atoms with van der Waals surface area (Å²) < 4.78 is 0. The van der Waals surface area contributed by atoms with Crippen molar-refractivity contribution in [3.05, 3.63) is 0 Å². The van der Waals surface area contributed by atoms with E-state index in [1.54, 1.807) is 0 Å². The molecule has 0 aromatic carbocycles. The number of nitrogens with two attached hydrogens (primary N) is 1. The van der Waals surface area contributed by atoms with Crippen molar-refractivity contribution in [2.45, 2.75) is 32.0 Å². The summed E-state index contributed by atoms with van der Waals surface area (Å²) in [5.41, 5.74) is 5.00. The largest absolute Gasteiger partial charge is 0.368 e. The normalized spacial score (nSPS) is 35.8. The molecule has 5 nitrogen and oxygen atoms in total. The summed E-state index contributed by atoms with van der Waals surface area (Å²) in [7, 11) is 0. The fourth-order valence-electron chi connectivity index (χ4n) is 1.13. The number of hydrogen-bond donors (Lipinski definition) is 3. The van der Waals surface area contributed by atoms with Gasteiger partial charge in [0, 0.05) is 12.1 Å². The molecule has 1 rings (SSSR count). The van der Waals surface area contributed by atoms with Crippen molar-refractivity contribution in [1.29, 1.82) is 0 Å². The van der Waals surface area contributed by atoms with Crippen LogP contribution < -0.4 is 16.4 Å². The Kier molecular flexibility index (Phi) is 2.32. The van der Waals surface area contributed by atoms with Crippen LogP contribution >= 0.6 is 0 Å². The highest BCUT2D eigenvalue weighted by Gasteiger charge is 2.33.